The van der Waals surface area contributed by atoms with Gasteiger partial charge in [0.25, 0.3) is 0 Å². The first-order chi connectivity index (χ1) is 14.5. The molecule has 0 aliphatic heterocycles. The van der Waals surface area contributed by atoms with Crippen molar-refractivity contribution in [2.45, 2.75) is 45.8 Å². The van der Waals surface area contributed by atoms with Crippen LogP contribution in [0.25, 0.3) is 11.1 Å². The number of ether oxygens (including phenoxy) is 3. The van der Waals surface area contributed by atoms with Gasteiger partial charge in [-0.15, -0.1) is 0 Å². The molecule has 2 rings (SSSR count). The SMILES string of the molecule is COC(=O)[C@H](Cc1ccc(OC(C)=O)c(-c2ccccc2O)c1)NC(=O)OC(C)(C)C. The van der Waals surface area contributed by atoms with Crippen LogP contribution in [0.3, 0.4) is 0 Å². The highest BCUT2D eigenvalue weighted by Gasteiger charge is 2.26. The highest BCUT2D eigenvalue weighted by atomic mass is 16.6. The molecule has 0 fully saturated rings. The number of esters is 2. The van der Waals surface area contributed by atoms with Gasteiger partial charge in [-0.25, -0.2) is 9.59 Å². The molecule has 0 aliphatic carbocycles. The smallest absolute Gasteiger partial charge is 0.408 e. The van der Waals surface area contributed by atoms with Crippen LogP contribution < -0.4 is 10.1 Å². The van der Waals surface area contributed by atoms with E-state index < -0.39 is 29.7 Å². The summed E-state index contributed by atoms with van der Waals surface area (Å²) in [6.45, 7) is 6.42. The standard InChI is InChI=1S/C23H27NO7/c1-14(25)30-20-11-10-15(12-17(20)16-8-6-7-9-19(16)26)13-18(21(27)29-5)24-22(28)31-23(2,3)4/h6-12,18,26H,13H2,1-5H3,(H,24,28)/t18-/m0/s1. The lowest BCUT2D eigenvalue weighted by atomic mass is 9.97. The number of nitrogens with one attached hydrogen (secondary N) is 1. The number of methoxy groups -OCH3 is 1. The number of amides is 1. The lowest BCUT2D eigenvalue weighted by Gasteiger charge is -2.23. The molecule has 0 heterocycles. The zero-order valence-corrected chi connectivity index (χ0v) is 18.2. The summed E-state index contributed by atoms with van der Waals surface area (Å²) in [6.07, 6.45) is -0.660. The first-order valence-electron chi connectivity index (χ1n) is 9.67. The van der Waals surface area contributed by atoms with E-state index in [-0.39, 0.29) is 17.9 Å². The topological polar surface area (TPSA) is 111 Å². The van der Waals surface area contributed by atoms with Crippen molar-refractivity contribution in [2.24, 2.45) is 0 Å². The summed E-state index contributed by atoms with van der Waals surface area (Å²) >= 11 is 0. The molecule has 0 radical (unpaired) electrons. The fourth-order valence-electron chi connectivity index (χ4n) is 2.88. The second kappa shape index (κ2) is 9.97. The molecule has 2 aromatic carbocycles. The maximum atomic E-state index is 12.2. The van der Waals surface area contributed by atoms with Gasteiger partial charge in [0.1, 0.15) is 23.1 Å². The third-order valence-corrected chi connectivity index (χ3v) is 4.11. The minimum atomic E-state index is -1.00. The lowest BCUT2D eigenvalue weighted by Crippen LogP contribution is -2.45. The molecule has 1 amide bonds. The highest BCUT2D eigenvalue weighted by Crippen LogP contribution is 2.36. The molecule has 0 aliphatic rings. The summed E-state index contributed by atoms with van der Waals surface area (Å²) in [7, 11) is 1.23. The van der Waals surface area contributed by atoms with E-state index in [1.54, 1.807) is 57.2 Å². The Balaban J connectivity index is 2.38. The van der Waals surface area contributed by atoms with E-state index in [1.807, 2.05) is 0 Å². The molecule has 0 aromatic heterocycles. The molecule has 0 saturated carbocycles. The summed E-state index contributed by atoms with van der Waals surface area (Å²) in [5.74, 6) is -0.889. The van der Waals surface area contributed by atoms with E-state index in [0.29, 0.717) is 16.7 Å². The minimum absolute atomic E-state index is 0.00412. The number of phenolic OH excluding ortho intramolecular Hbond substituents is 1. The molecule has 31 heavy (non-hydrogen) atoms. The Hall–Kier alpha value is -3.55. The van der Waals surface area contributed by atoms with E-state index >= 15 is 0 Å². The summed E-state index contributed by atoms with van der Waals surface area (Å²) in [5, 5.41) is 12.8. The van der Waals surface area contributed by atoms with E-state index in [0.717, 1.165) is 0 Å². The Morgan fingerprint density at radius 1 is 1.06 bits per heavy atom. The van der Waals surface area contributed by atoms with Gasteiger partial charge in [0.05, 0.1) is 7.11 Å². The quantitative estimate of drug-likeness (QED) is 0.533. The van der Waals surface area contributed by atoms with Crippen LogP contribution in [0.4, 0.5) is 4.79 Å². The summed E-state index contributed by atoms with van der Waals surface area (Å²) in [6, 6.07) is 10.5. The molecule has 0 bridgehead atoms. The fourth-order valence-corrected chi connectivity index (χ4v) is 2.88. The van der Waals surface area contributed by atoms with Gasteiger partial charge < -0.3 is 24.6 Å². The fraction of sp³-hybridized carbons (Fsp3) is 0.348. The molecule has 0 unspecified atom stereocenters. The maximum Gasteiger partial charge on any atom is 0.408 e. The Morgan fingerprint density at radius 3 is 2.32 bits per heavy atom. The molecule has 8 nitrogen and oxygen atoms in total. The number of carbonyl (C=O) groups excluding carboxylic acids is 3. The first kappa shape index (κ1) is 23.7. The Morgan fingerprint density at radius 2 is 1.74 bits per heavy atom. The highest BCUT2D eigenvalue weighted by molar-refractivity contribution is 5.83. The van der Waals surface area contributed by atoms with Crippen LogP contribution in [0.1, 0.15) is 33.3 Å². The number of rotatable bonds is 6. The average Bonchev–Trinajstić information content (AvgIpc) is 2.66. The van der Waals surface area contributed by atoms with Crippen LogP contribution in [0, 0.1) is 0 Å². The number of phenols is 1. The van der Waals surface area contributed by atoms with Crippen molar-refractivity contribution < 1.29 is 33.7 Å². The number of hydrogen-bond donors (Lipinski definition) is 2. The van der Waals surface area contributed by atoms with Crippen molar-refractivity contribution in [1.82, 2.24) is 5.32 Å². The maximum absolute atomic E-state index is 12.2. The summed E-state index contributed by atoms with van der Waals surface area (Å²) in [5.41, 5.74) is 0.830. The van der Waals surface area contributed by atoms with Crippen LogP contribution >= 0.6 is 0 Å². The van der Waals surface area contributed by atoms with Crippen LogP contribution in [-0.2, 0) is 25.5 Å². The normalized spacial score (nSPS) is 11.9. The number of carbonyl (C=O) groups is 3. The van der Waals surface area contributed by atoms with Crippen molar-refractivity contribution in [3.05, 3.63) is 48.0 Å². The van der Waals surface area contributed by atoms with Crippen LogP contribution in [-0.4, -0.2) is 41.9 Å². The predicted molar refractivity (Wildman–Crippen MR) is 114 cm³/mol. The minimum Gasteiger partial charge on any atom is -0.507 e. The van der Waals surface area contributed by atoms with E-state index in [2.05, 4.69) is 5.32 Å². The molecule has 0 spiro atoms. The number of alkyl carbamates (subject to hydrolysis) is 1. The van der Waals surface area contributed by atoms with Crippen LogP contribution in [0.2, 0.25) is 0 Å². The zero-order chi connectivity index (χ0) is 23.2. The third-order valence-electron chi connectivity index (χ3n) is 4.11. The number of para-hydroxylation sites is 1. The first-order valence-corrected chi connectivity index (χ1v) is 9.67. The molecule has 8 heteroatoms. The van der Waals surface area contributed by atoms with Crippen LogP contribution in [0.5, 0.6) is 11.5 Å². The zero-order valence-electron chi connectivity index (χ0n) is 18.2. The Kier molecular flexibility index (Phi) is 7.63. The van der Waals surface area contributed by atoms with Gasteiger partial charge in [-0.3, -0.25) is 4.79 Å². The van der Waals surface area contributed by atoms with Crippen molar-refractivity contribution in [3.63, 3.8) is 0 Å². The largest absolute Gasteiger partial charge is 0.507 e. The Bertz CT molecular complexity index is 963. The molecule has 2 N–H and O–H groups in total. The van der Waals surface area contributed by atoms with E-state index in [4.69, 9.17) is 14.2 Å². The number of benzene rings is 2. The van der Waals surface area contributed by atoms with Crippen molar-refractivity contribution in [1.29, 1.82) is 0 Å². The summed E-state index contributed by atoms with van der Waals surface area (Å²) in [4.78, 5) is 35.9. The number of hydrogen-bond acceptors (Lipinski definition) is 7. The summed E-state index contributed by atoms with van der Waals surface area (Å²) < 4.78 is 15.3. The van der Waals surface area contributed by atoms with Gasteiger partial charge in [-0.05, 0) is 44.5 Å². The van der Waals surface area contributed by atoms with Crippen molar-refractivity contribution in [2.75, 3.05) is 7.11 Å². The van der Waals surface area contributed by atoms with Crippen molar-refractivity contribution in [3.8, 4) is 22.6 Å². The lowest BCUT2D eigenvalue weighted by molar-refractivity contribution is -0.143. The second-order valence-electron chi connectivity index (χ2n) is 7.87. The number of aromatic hydroxyl groups is 1. The van der Waals surface area contributed by atoms with Gasteiger partial charge in [-0.1, -0.05) is 24.3 Å². The van der Waals surface area contributed by atoms with Gasteiger partial charge in [-0.2, -0.15) is 0 Å². The molecular weight excluding hydrogens is 402 g/mol. The van der Waals surface area contributed by atoms with Gasteiger partial charge >= 0.3 is 18.0 Å². The van der Waals surface area contributed by atoms with Crippen LogP contribution in [0.15, 0.2) is 42.5 Å². The Labute approximate surface area is 181 Å². The molecular formula is C23H27NO7. The van der Waals surface area contributed by atoms with Gasteiger partial charge in [0.15, 0.2) is 0 Å². The van der Waals surface area contributed by atoms with Gasteiger partial charge in [0.2, 0.25) is 0 Å². The second-order valence-corrected chi connectivity index (χ2v) is 7.87. The third kappa shape index (κ3) is 7.02. The van der Waals surface area contributed by atoms with Crippen molar-refractivity contribution >= 4 is 18.0 Å². The predicted octanol–water partition coefficient (Wildman–Crippen LogP) is 3.59. The molecule has 2 aromatic rings. The van der Waals surface area contributed by atoms with E-state index in [9.17, 15) is 19.5 Å². The molecule has 1 atom stereocenters. The monoisotopic (exact) mass is 429 g/mol. The molecule has 166 valence electrons. The molecule has 0 saturated heterocycles. The van der Waals surface area contributed by atoms with E-state index in [1.165, 1.54) is 20.1 Å². The van der Waals surface area contributed by atoms with Gasteiger partial charge in [0, 0.05) is 24.5 Å². The average molecular weight is 429 g/mol.